The van der Waals surface area contributed by atoms with Crippen LogP contribution in [0.3, 0.4) is 0 Å². The minimum absolute atomic E-state index is 0.0705. The summed E-state index contributed by atoms with van der Waals surface area (Å²) in [7, 11) is 0. The van der Waals surface area contributed by atoms with E-state index in [1.807, 2.05) is 0 Å². The van der Waals surface area contributed by atoms with Crippen molar-refractivity contribution >= 4 is 28.2 Å². The van der Waals surface area contributed by atoms with Crippen molar-refractivity contribution in [2.24, 2.45) is 0 Å². The van der Waals surface area contributed by atoms with Crippen LogP contribution in [0.2, 0.25) is 5.15 Å². The number of hydrogen-bond acceptors (Lipinski definition) is 2. The highest BCUT2D eigenvalue weighted by Gasteiger charge is 2.11. The van der Waals surface area contributed by atoms with Crippen molar-refractivity contribution in [1.29, 1.82) is 0 Å². The maximum Gasteiger partial charge on any atom is 0.172 e. The van der Waals surface area contributed by atoms with Crippen molar-refractivity contribution in [1.82, 2.24) is 4.98 Å². The van der Waals surface area contributed by atoms with Gasteiger partial charge in [0.15, 0.2) is 5.82 Å². The van der Waals surface area contributed by atoms with E-state index in [9.17, 15) is 8.78 Å². The molecule has 0 aliphatic rings. The first kappa shape index (κ1) is 9.15. The van der Waals surface area contributed by atoms with Crippen LogP contribution < -0.4 is 5.73 Å². The van der Waals surface area contributed by atoms with Gasteiger partial charge in [0.05, 0.1) is 5.69 Å². The Balaban J connectivity index is 2.95. The fourth-order valence-electron chi connectivity index (χ4n) is 1.21. The van der Waals surface area contributed by atoms with E-state index >= 15 is 0 Å². The van der Waals surface area contributed by atoms with Gasteiger partial charge in [-0.3, -0.25) is 0 Å². The highest BCUT2D eigenvalue weighted by Crippen LogP contribution is 2.25. The standard InChI is InChI=1S/C9H5ClF2N2/c10-7-2-1-4-5(11)3-6(13)8(12)9(4)14-7/h1-3H,13H2. The van der Waals surface area contributed by atoms with Gasteiger partial charge in [-0.2, -0.15) is 0 Å². The van der Waals surface area contributed by atoms with Crippen molar-refractivity contribution in [3.8, 4) is 0 Å². The second kappa shape index (κ2) is 3.06. The number of rotatable bonds is 0. The Morgan fingerprint density at radius 2 is 2.00 bits per heavy atom. The molecule has 0 atom stereocenters. The Bertz CT molecular complexity index is 514. The molecule has 14 heavy (non-hydrogen) atoms. The summed E-state index contributed by atoms with van der Waals surface area (Å²) in [6.07, 6.45) is 0. The van der Waals surface area contributed by atoms with E-state index < -0.39 is 11.6 Å². The quantitative estimate of drug-likeness (QED) is 0.541. The third-order valence-electron chi connectivity index (χ3n) is 1.86. The lowest BCUT2D eigenvalue weighted by Gasteiger charge is -2.03. The van der Waals surface area contributed by atoms with Crippen LogP contribution in [-0.2, 0) is 0 Å². The average molecular weight is 215 g/mol. The van der Waals surface area contributed by atoms with Crippen molar-refractivity contribution in [2.45, 2.75) is 0 Å². The van der Waals surface area contributed by atoms with E-state index in [1.54, 1.807) is 0 Å². The maximum atomic E-state index is 13.3. The van der Waals surface area contributed by atoms with Crippen molar-refractivity contribution in [2.75, 3.05) is 5.73 Å². The van der Waals surface area contributed by atoms with Crippen LogP contribution in [0.15, 0.2) is 18.2 Å². The minimum Gasteiger partial charge on any atom is -0.396 e. The molecule has 2 nitrogen and oxygen atoms in total. The fourth-order valence-corrected chi connectivity index (χ4v) is 1.36. The third-order valence-corrected chi connectivity index (χ3v) is 2.07. The maximum absolute atomic E-state index is 13.3. The number of hydrogen-bond donors (Lipinski definition) is 1. The first-order chi connectivity index (χ1) is 6.59. The molecular formula is C9H5ClF2N2. The third kappa shape index (κ3) is 1.28. The molecular weight excluding hydrogens is 210 g/mol. The lowest BCUT2D eigenvalue weighted by Crippen LogP contribution is -1.96. The molecule has 2 rings (SSSR count). The Hall–Kier alpha value is -1.42. The number of nitrogen functional groups attached to an aromatic ring is 1. The number of nitrogens with two attached hydrogens (primary N) is 1. The van der Waals surface area contributed by atoms with E-state index in [0.717, 1.165) is 6.07 Å². The first-order valence-corrected chi connectivity index (χ1v) is 4.17. The Morgan fingerprint density at radius 3 is 2.71 bits per heavy atom. The topological polar surface area (TPSA) is 38.9 Å². The van der Waals surface area contributed by atoms with Crippen LogP contribution in [0, 0.1) is 11.6 Å². The molecule has 1 aromatic heterocycles. The van der Waals surface area contributed by atoms with Gasteiger partial charge < -0.3 is 5.73 Å². The number of aromatic nitrogens is 1. The van der Waals surface area contributed by atoms with Crippen LogP contribution in [0.5, 0.6) is 0 Å². The van der Waals surface area contributed by atoms with Gasteiger partial charge in [-0.05, 0) is 12.1 Å². The van der Waals surface area contributed by atoms with Crippen LogP contribution in [-0.4, -0.2) is 4.98 Å². The summed E-state index contributed by atoms with van der Waals surface area (Å²) >= 11 is 5.55. The lowest BCUT2D eigenvalue weighted by molar-refractivity contribution is 0.619. The van der Waals surface area contributed by atoms with E-state index in [4.69, 9.17) is 17.3 Å². The summed E-state index contributed by atoms with van der Waals surface area (Å²) in [5, 5.41) is 0.169. The van der Waals surface area contributed by atoms with Crippen LogP contribution in [0.4, 0.5) is 14.5 Å². The molecule has 0 radical (unpaired) electrons. The summed E-state index contributed by atoms with van der Waals surface area (Å²) in [6, 6.07) is 3.68. The fraction of sp³-hybridized carbons (Fsp3) is 0. The summed E-state index contributed by atoms with van der Waals surface area (Å²) in [5.74, 6) is -1.35. The SMILES string of the molecule is Nc1cc(F)c2ccc(Cl)nc2c1F. The summed E-state index contributed by atoms with van der Waals surface area (Å²) < 4.78 is 26.6. The van der Waals surface area contributed by atoms with Gasteiger partial charge in [0.25, 0.3) is 0 Å². The molecule has 0 spiro atoms. The van der Waals surface area contributed by atoms with E-state index in [-0.39, 0.29) is 21.7 Å². The molecule has 1 aromatic carbocycles. The zero-order valence-corrected chi connectivity index (χ0v) is 7.65. The summed E-state index contributed by atoms with van der Waals surface area (Å²) in [5.41, 5.74) is 4.82. The first-order valence-electron chi connectivity index (χ1n) is 3.79. The van der Waals surface area contributed by atoms with Crippen LogP contribution in [0.1, 0.15) is 0 Å². The minimum atomic E-state index is -0.746. The molecule has 2 aromatic rings. The van der Waals surface area contributed by atoms with Crippen molar-refractivity contribution in [3.63, 3.8) is 0 Å². The number of benzene rings is 1. The molecule has 0 amide bonds. The molecule has 0 unspecified atom stereocenters. The average Bonchev–Trinajstić information content (AvgIpc) is 2.14. The van der Waals surface area contributed by atoms with Gasteiger partial charge in [0, 0.05) is 11.5 Å². The van der Waals surface area contributed by atoms with E-state index in [0.29, 0.717) is 0 Å². The Labute approximate surface area is 83.3 Å². The van der Waals surface area contributed by atoms with Gasteiger partial charge in [-0.15, -0.1) is 0 Å². The summed E-state index contributed by atoms with van der Waals surface area (Å²) in [4.78, 5) is 3.67. The molecule has 72 valence electrons. The predicted molar refractivity (Wildman–Crippen MR) is 51.1 cm³/mol. The molecule has 0 aliphatic heterocycles. The normalized spacial score (nSPS) is 10.8. The molecule has 5 heteroatoms. The number of fused-ring (bicyclic) bond motifs is 1. The second-order valence-corrected chi connectivity index (χ2v) is 3.18. The van der Waals surface area contributed by atoms with Gasteiger partial charge in [-0.25, -0.2) is 13.8 Å². The molecule has 0 saturated carbocycles. The number of pyridine rings is 1. The monoisotopic (exact) mass is 214 g/mol. The molecule has 0 bridgehead atoms. The zero-order chi connectivity index (χ0) is 10.3. The molecule has 1 heterocycles. The second-order valence-electron chi connectivity index (χ2n) is 2.79. The van der Waals surface area contributed by atoms with E-state index in [1.165, 1.54) is 12.1 Å². The number of nitrogens with zero attached hydrogens (tertiary/aromatic N) is 1. The van der Waals surface area contributed by atoms with Crippen molar-refractivity contribution in [3.05, 3.63) is 35.0 Å². The van der Waals surface area contributed by atoms with Crippen LogP contribution in [0.25, 0.3) is 10.9 Å². The molecule has 2 N–H and O–H groups in total. The largest absolute Gasteiger partial charge is 0.396 e. The highest BCUT2D eigenvalue weighted by atomic mass is 35.5. The molecule has 0 saturated heterocycles. The van der Waals surface area contributed by atoms with Gasteiger partial charge in [0.2, 0.25) is 0 Å². The van der Waals surface area contributed by atoms with E-state index in [2.05, 4.69) is 4.98 Å². The molecule has 0 fully saturated rings. The number of halogens is 3. The smallest absolute Gasteiger partial charge is 0.172 e. The van der Waals surface area contributed by atoms with Gasteiger partial charge in [-0.1, -0.05) is 11.6 Å². The lowest BCUT2D eigenvalue weighted by atomic mass is 10.2. The molecule has 0 aliphatic carbocycles. The van der Waals surface area contributed by atoms with Gasteiger partial charge >= 0.3 is 0 Å². The Morgan fingerprint density at radius 1 is 1.29 bits per heavy atom. The highest BCUT2D eigenvalue weighted by molar-refractivity contribution is 6.29. The summed E-state index contributed by atoms with van der Waals surface area (Å²) in [6.45, 7) is 0. The van der Waals surface area contributed by atoms with Crippen LogP contribution >= 0.6 is 11.6 Å². The number of anilines is 1. The van der Waals surface area contributed by atoms with Crippen molar-refractivity contribution < 1.29 is 8.78 Å². The predicted octanol–water partition coefficient (Wildman–Crippen LogP) is 2.75. The zero-order valence-electron chi connectivity index (χ0n) is 6.89. The Kier molecular flexibility index (Phi) is 2.00. The van der Waals surface area contributed by atoms with Gasteiger partial charge in [0.1, 0.15) is 16.5 Å².